The minimum atomic E-state index is -0.411. The molecule has 4 aromatic rings. The highest BCUT2D eigenvalue weighted by molar-refractivity contribution is 6.31. The van der Waals surface area contributed by atoms with Crippen molar-refractivity contribution in [3.63, 3.8) is 0 Å². The number of aromatic hydroxyl groups is 1. The largest absolute Gasteiger partial charge is 0.506 e. The fourth-order valence-electron chi connectivity index (χ4n) is 3.04. The number of pyridine rings is 1. The average molecular weight is 394 g/mol. The van der Waals surface area contributed by atoms with Crippen molar-refractivity contribution in [1.82, 2.24) is 4.98 Å². The van der Waals surface area contributed by atoms with Gasteiger partial charge in [-0.05, 0) is 48.0 Å². The number of nitrogens with one attached hydrogen (secondary N) is 1. The molecule has 0 atom stereocenters. The van der Waals surface area contributed by atoms with Crippen LogP contribution in [0.25, 0.3) is 22.0 Å². The maximum atomic E-state index is 12.6. The summed E-state index contributed by atoms with van der Waals surface area (Å²) in [6.07, 6.45) is 0. The normalized spacial score (nSPS) is 10.8. The van der Waals surface area contributed by atoms with Crippen molar-refractivity contribution in [1.29, 1.82) is 0 Å². The van der Waals surface area contributed by atoms with E-state index in [1.807, 2.05) is 12.1 Å². The van der Waals surface area contributed by atoms with Gasteiger partial charge in [-0.1, -0.05) is 29.8 Å². The average Bonchev–Trinajstić information content (AvgIpc) is 2.68. The molecule has 0 aliphatic rings. The first kappa shape index (κ1) is 17.9. The second-order valence-electron chi connectivity index (χ2n) is 6.18. The van der Waals surface area contributed by atoms with Crippen LogP contribution in [-0.4, -0.2) is 17.2 Å². The van der Waals surface area contributed by atoms with E-state index in [4.69, 9.17) is 21.1 Å². The van der Waals surface area contributed by atoms with Crippen LogP contribution < -0.4 is 15.0 Å². The summed E-state index contributed by atoms with van der Waals surface area (Å²) in [5, 5.41) is 11.7. The third kappa shape index (κ3) is 3.40. The molecular weight excluding hydrogens is 378 g/mol. The molecule has 4 rings (SSSR count). The molecular formula is C22H16ClNO4. The zero-order valence-corrected chi connectivity index (χ0v) is 15.7. The van der Waals surface area contributed by atoms with Crippen molar-refractivity contribution in [3.05, 3.63) is 82.1 Å². The van der Waals surface area contributed by atoms with Gasteiger partial charge in [0.15, 0.2) is 0 Å². The van der Waals surface area contributed by atoms with Crippen molar-refractivity contribution in [2.24, 2.45) is 0 Å². The number of hydrogen-bond donors (Lipinski definition) is 2. The smallest absolute Gasteiger partial charge is 0.260 e. The minimum Gasteiger partial charge on any atom is -0.506 e. The summed E-state index contributed by atoms with van der Waals surface area (Å²) in [5.74, 6) is 1.70. The summed E-state index contributed by atoms with van der Waals surface area (Å²) in [4.78, 5) is 15.4. The highest BCUT2D eigenvalue weighted by Gasteiger charge is 2.15. The molecule has 28 heavy (non-hydrogen) atoms. The first-order valence-corrected chi connectivity index (χ1v) is 8.90. The molecule has 5 nitrogen and oxygen atoms in total. The lowest BCUT2D eigenvalue weighted by molar-refractivity contribution is 0.409. The fraction of sp³-hybridized carbons (Fsp3) is 0.0455. The molecule has 1 aromatic heterocycles. The maximum absolute atomic E-state index is 12.6. The van der Waals surface area contributed by atoms with Gasteiger partial charge in [0, 0.05) is 16.5 Å². The molecule has 3 aromatic carbocycles. The van der Waals surface area contributed by atoms with Crippen LogP contribution in [0.5, 0.6) is 23.0 Å². The van der Waals surface area contributed by atoms with Gasteiger partial charge >= 0.3 is 0 Å². The molecule has 0 fully saturated rings. The van der Waals surface area contributed by atoms with Crippen molar-refractivity contribution in [3.8, 4) is 34.1 Å². The molecule has 6 heteroatoms. The first-order valence-electron chi connectivity index (χ1n) is 8.52. The molecule has 140 valence electrons. The summed E-state index contributed by atoms with van der Waals surface area (Å²) < 4.78 is 11.1. The Morgan fingerprint density at radius 2 is 1.64 bits per heavy atom. The predicted octanol–water partition coefficient (Wildman–Crippen LogP) is 5.36. The molecule has 0 amide bonds. The Labute approximate surface area is 165 Å². The van der Waals surface area contributed by atoms with Crippen LogP contribution in [0.3, 0.4) is 0 Å². The first-order chi connectivity index (χ1) is 13.5. The van der Waals surface area contributed by atoms with Gasteiger partial charge in [0.25, 0.3) is 5.56 Å². The Morgan fingerprint density at radius 1 is 0.929 bits per heavy atom. The zero-order chi connectivity index (χ0) is 19.7. The molecule has 0 saturated heterocycles. The molecule has 2 N–H and O–H groups in total. The second kappa shape index (κ2) is 7.29. The number of fused-ring (bicyclic) bond motifs is 1. The van der Waals surface area contributed by atoms with Gasteiger partial charge in [-0.2, -0.15) is 0 Å². The lowest BCUT2D eigenvalue weighted by atomic mass is 10.0. The molecule has 0 aliphatic carbocycles. The Kier molecular flexibility index (Phi) is 4.67. The third-order valence-corrected chi connectivity index (χ3v) is 4.58. The number of aromatic nitrogens is 1. The molecule has 0 spiro atoms. The molecule has 0 saturated carbocycles. The van der Waals surface area contributed by atoms with Crippen molar-refractivity contribution in [2.45, 2.75) is 0 Å². The van der Waals surface area contributed by atoms with Crippen molar-refractivity contribution < 1.29 is 14.6 Å². The van der Waals surface area contributed by atoms with Crippen LogP contribution in [0.1, 0.15) is 0 Å². The monoisotopic (exact) mass is 393 g/mol. The summed E-state index contributed by atoms with van der Waals surface area (Å²) in [6, 6.07) is 19.1. The number of benzene rings is 3. The van der Waals surface area contributed by atoms with E-state index in [0.29, 0.717) is 38.7 Å². The van der Waals surface area contributed by atoms with E-state index in [0.717, 1.165) is 0 Å². The quantitative estimate of drug-likeness (QED) is 0.490. The lowest BCUT2D eigenvalue weighted by Crippen LogP contribution is -2.09. The minimum absolute atomic E-state index is 0.103. The number of aromatic amines is 1. The van der Waals surface area contributed by atoms with Gasteiger partial charge in [-0.3, -0.25) is 4.79 Å². The highest BCUT2D eigenvalue weighted by Crippen LogP contribution is 2.35. The zero-order valence-electron chi connectivity index (χ0n) is 14.9. The van der Waals surface area contributed by atoms with Crippen molar-refractivity contribution >= 4 is 22.5 Å². The van der Waals surface area contributed by atoms with Gasteiger partial charge in [-0.15, -0.1) is 0 Å². The fourth-order valence-corrected chi connectivity index (χ4v) is 3.21. The van der Waals surface area contributed by atoms with E-state index in [1.54, 1.807) is 61.7 Å². The van der Waals surface area contributed by atoms with E-state index < -0.39 is 5.56 Å². The summed E-state index contributed by atoms with van der Waals surface area (Å²) in [6.45, 7) is 0. The van der Waals surface area contributed by atoms with Crippen LogP contribution >= 0.6 is 11.6 Å². The summed E-state index contributed by atoms with van der Waals surface area (Å²) >= 11 is 5.97. The number of H-pyrrole nitrogens is 1. The molecule has 0 radical (unpaired) electrons. The van der Waals surface area contributed by atoms with Crippen LogP contribution in [-0.2, 0) is 0 Å². The molecule has 0 unspecified atom stereocenters. The van der Waals surface area contributed by atoms with E-state index in [2.05, 4.69) is 4.98 Å². The van der Waals surface area contributed by atoms with Gasteiger partial charge < -0.3 is 19.6 Å². The SMILES string of the molecule is COc1cccc(Oc2cccc(-c3c(O)c4ccc(Cl)cc4[nH]c3=O)c2)c1. The maximum Gasteiger partial charge on any atom is 0.260 e. The van der Waals surface area contributed by atoms with Crippen LogP contribution in [0, 0.1) is 0 Å². The Hall–Kier alpha value is -3.44. The predicted molar refractivity (Wildman–Crippen MR) is 110 cm³/mol. The number of rotatable bonds is 4. The number of ether oxygens (including phenoxy) is 2. The van der Waals surface area contributed by atoms with E-state index in [-0.39, 0.29) is 11.3 Å². The topological polar surface area (TPSA) is 71.5 Å². The Balaban J connectivity index is 1.77. The number of hydrogen-bond acceptors (Lipinski definition) is 4. The molecule has 0 bridgehead atoms. The van der Waals surface area contributed by atoms with Gasteiger partial charge in [0.05, 0.1) is 18.2 Å². The van der Waals surface area contributed by atoms with Gasteiger partial charge in [-0.25, -0.2) is 0 Å². The third-order valence-electron chi connectivity index (χ3n) is 4.35. The number of methoxy groups -OCH3 is 1. The highest BCUT2D eigenvalue weighted by atomic mass is 35.5. The van der Waals surface area contributed by atoms with E-state index in [1.165, 1.54) is 0 Å². The van der Waals surface area contributed by atoms with Gasteiger partial charge in [0.1, 0.15) is 23.0 Å². The van der Waals surface area contributed by atoms with Gasteiger partial charge in [0.2, 0.25) is 0 Å². The van der Waals surface area contributed by atoms with Crippen LogP contribution in [0.4, 0.5) is 0 Å². The standard InChI is InChI=1S/C22H16ClNO4/c1-27-15-5-3-7-17(12-15)28-16-6-2-4-13(10-16)20-21(25)18-9-8-14(23)11-19(18)24-22(20)26/h2-12H,1H3,(H2,24,25,26). The van der Waals surface area contributed by atoms with E-state index in [9.17, 15) is 9.90 Å². The Morgan fingerprint density at radius 3 is 2.43 bits per heavy atom. The lowest BCUT2D eigenvalue weighted by Gasteiger charge is -2.11. The number of halogens is 1. The molecule has 1 heterocycles. The van der Waals surface area contributed by atoms with Crippen LogP contribution in [0.2, 0.25) is 5.02 Å². The summed E-state index contributed by atoms with van der Waals surface area (Å²) in [5.41, 5.74) is 0.773. The second-order valence-corrected chi connectivity index (χ2v) is 6.61. The molecule has 0 aliphatic heterocycles. The van der Waals surface area contributed by atoms with E-state index >= 15 is 0 Å². The van der Waals surface area contributed by atoms with Crippen molar-refractivity contribution in [2.75, 3.05) is 7.11 Å². The summed E-state index contributed by atoms with van der Waals surface area (Å²) in [7, 11) is 1.59. The Bertz CT molecular complexity index is 1230. The van der Waals surface area contributed by atoms with Crippen LogP contribution in [0.15, 0.2) is 71.5 Å².